The molecular weight excluding hydrogens is 319 g/mol. The van der Waals surface area contributed by atoms with E-state index in [1.165, 1.54) is 12.1 Å². The fourth-order valence-electron chi connectivity index (χ4n) is 3.64. The minimum atomic E-state index is -0.226. The molecule has 0 saturated carbocycles. The van der Waals surface area contributed by atoms with E-state index < -0.39 is 0 Å². The third-order valence-electron chi connectivity index (χ3n) is 4.76. The molecule has 1 N–H and O–H groups in total. The zero-order valence-electron chi connectivity index (χ0n) is 14.8. The SMILES string of the molecule is CC(=O)N[C@H]1CCCN(Cc2cn(C)cn2)[C@H]1Cc1ccc(F)cc1. The fourth-order valence-corrected chi connectivity index (χ4v) is 3.64. The van der Waals surface area contributed by atoms with E-state index in [0.29, 0.717) is 0 Å². The van der Waals surface area contributed by atoms with Crippen LogP contribution in [-0.4, -0.2) is 39.0 Å². The Balaban J connectivity index is 1.79. The molecular formula is C19H25FN4O. The van der Waals surface area contributed by atoms with Crippen LogP contribution in [0.2, 0.25) is 0 Å². The Bertz CT molecular complexity index is 712. The fraction of sp³-hybridized carbons (Fsp3) is 0.474. The molecule has 1 amide bonds. The molecule has 1 aliphatic rings. The van der Waals surface area contributed by atoms with Gasteiger partial charge in [0.1, 0.15) is 5.82 Å². The smallest absolute Gasteiger partial charge is 0.217 e. The van der Waals surface area contributed by atoms with Crippen LogP contribution in [0.5, 0.6) is 0 Å². The minimum absolute atomic E-state index is 0.00575. The zero-order valence-corrected chi connectivity index (χ0v) is 14.8. The number of hydrogen-bond donors (Lipinski definition) is 1. The summed E-state index contributed by atoms with van der Waals surface area (Å²) in [4.78, 5) is 18.4. The first-order chi connectivity index (χ1) is 12.0. The molecule has 2 heterocycles. The Labute approximate surface area is 147 Å². The number of nitrogens with zero attached hydrogens (tertiary/aromatic N) is 3. The number of aryl methyl sites for hydroxylation is 1. The number of hydrogen-bond acceptors (Lipinski definition) is 3. The van der Waals surface area contributed by atoms with Gasteiger partial charge in [-0.3, -0.25) is 9.69 Å². The number of halogens is 1. The number of piperidine rings is 1. The van der Waals surface area contributed by atoms with Crippen molar-refractivity contribution in [1.29, 1.82) is 0 Å². The van der Waals surface area contributed by atoms with Gasteiger partial charge in [0.15, 0.2) is 0 Å². The van der Waals surface area contributed by atoms with Gasteiger partial charge < -0.3 is 9.88 Å². The van der Waals surface area contributed by atoms with Crippen molar-refractivity contribution in [3.8, 4) is 0 Å². The lowest BCUT2D eigenvalue weighted by molar-refractivity contribution is -0.120. The molecule has 1 fully saturated rings. The number of imidazole rings is 1. The van der Waals surface area contributed by atoms with Gasteiger partial charge in [0.05, 0.1) is 12.0 Å². The Morgan fingerprint density at radius 1 is 1.36 bits per heavy atom. The molecule has 2 atom stereocenters. The first-order valence-corrected chi connectivity index (χ1v) is 8.73. The highest BCUT2D eigenvalue weighted by Crippen LogP contribution is 2.23. The summed E-state index contributed by atoms with van der Waals surface area (Å²) in [5, 5.41) is 3.10. The van der Waals surface area contributed by atoms with E-state index in [1.807, 2.05) is 29.9 Å². The highest BCUT2D eigenvalue weighted by atomic mass is 19.1. The van der Waals surface area contributed by atoms with Gasteiger partial charge in [0.25, 0.3) is 0 Å². The Morgan fingerprint density at radius 2 is 2.12 bits per heavy atom. The summed E-state index contributed by atoms with van der Waals surface area (Å²) >= 11 is 0. The van der Waals surface area contributed by atoms with Gasteiger partial charge in [0, 0.05) is 38.8 Å². The van der Waals surface area contributed by atoms with Crippen LogP contribution in [0.15, 0.2) is 36.8 Å². The monoisotopic (exact) mass is 344 g/mol. The summed E-state index contributed by atoms with van der Waals surface area (Å²) in [5.74, 6) is -0.232. The summed E-state index contributed by atoms with van der Waals surface area (Å²) in [5.41, 5.74) is 2.10. The number of likely N-dealkylation sites (tertiary alicyclic amines) is 1. The van der Waals surface area contributed by atoms with Crippen LogP contribution in [0, 0.1) is 5.82 Å². The average molecular weight is 344 g/mol. The van der Waals surface area contributed by atoms with Gasteiger partial charge in [-0.15, -0.1) is 0 Å². The van der Waals surface area contributed by atoms with E-state index in [4.69, 9.17) is 0 Å². The maximum absolute atomic E-state index is 13.2. The second-order valence-electron chi connectivity index (χ2n) is 6.85. The third-order valence-corrected chi connectivity index (χ3v) is 4.76. The van der Waals surface area contributed by atoms with Gasteiger partial charge >= 0.3 is 0 Å². The number of rotatable bonds is 5. The molecule has 25 heavy (non-hydrogen) atoms. The lowest BCUT2D eigenvalue weighted by Gasteiger charge is -2.41. The molecule has 5 nitrogen and oxygen atoms in total. The second kappa shape index (κ2) is 7.78. The van der Waals surface area contributed by atoms with Crippen molar-refractivity contribution in [2.24, 2.45) is 7.05 Å². The molecule has 3 rings (SSSR count). The maximum atomic E-state index is 13.2. The number of carbonyl (C=O) groups is 1. The molecule has 0 bridgehead atoms. The van der Waals surface area contributed by atoms with Gasteiger partial charge in [-0.1, -0.05) is 12.1 Å². The van der Waals surface area contributed by atoms with Crippen molar-refractivity contribution >= 4 is 5.91 Å². The Kier molecular flexibility index (Phi) is 5.48. The molecule has 2 aromatic rings. The Hall–Kier alpha value is -2.21. The van der Waals surface area contributed by atoms with Gasteiger partial charge in [-0.05, 0) is 43.5 Å². The first-order valence-electron chi connectivity index (χ1n) is 8.73. The van der Waals surface area contributed by atoms with Crippen molar-refractivity contribution in [3.05, 3.63) is 53.9 Å². The molecule has 6 heteroatoms. The van der Waals surface area contributed by atoms with E-state index in [1.54, 1.807) is 13.3 Å². The van der Waals surface area contributed by atoms with Crippen molar-refractivity contribution in [2.75, 3.05) is 6.54 Å². The van der Waals surface area contributed by atoms with E-state index in [2.05, 4.69) is 15.2 Å². The minimum Gasteiger partial charge on any atom is -0.352 e. The van der Waals surface area contributed by atoms with E-state index in [-0.39, 0.29) is 23.8 Å². The average Bonchev–Trinajstić information content (AvgIpc) is 2.97. The molecule has 0 radical (unpaired) electrons. The summed E-state index contributed by atoms with van der Waals surface area (Å²) in [7, 11) is 1.96. The van der Waals surface area contributed by atoms with Crippen LogP contribution < -0.4 is 5.32 Å². The summed E-state index contributed by atoms with van der Waals surface area (Å²) in [6.07, 6.45) is 6.61. The normalized spacial score (nSPS) is 21.2. The Morgan fingerprint density at radius 3 is 2.76 bits per heavy atom. The second-order valence-corrected chi connectivity index (χ2v) is 6.85. The first kappa shape index (κ1) is 17.6. The zero-order chi connectivity index (χ0) is 17.8. The number of benzene rings is 1. The van der Waals surface area contributed by atoms with E-state index in [9.17, 15) is 9.18 Å². The molecule has 1 saturated heterocycles. The van der Waals surface area contributed by atoms with Crippen molar-refractivity contribution < 1.29 is 9.18 Å². The highest BCUT2D eigenvalue weighted by Gasteiger charge is 2.32. The number of nitrogens with one attached hydrogen (secondary N) is 1. The van der Waals surface area contributed by atoms with Crippen LogP contribution in [0.3, 0.4) is 0 Å². The number of aromatic nitrogens is 2. The molecule has 0 aliphatic carbocycles. The van der Waals surface area contributed by atoms with Crippen molar-refractivity contribution in [1.82, 2.24) is 19.8 Å². The number of amides is 1. The molecule has 134 valence electrons. The molecule has 1 aromatic carbocycles. The van der Waals surface area contributed by atoms with Crippen LogP contribution in [0.4, 0.5) is 4.39 Å². The molecule has 1 aliphatic heterocycles. The van der Waals surface area contributed by atoms with Gasteiger partial charge in [0.2, 0.25) is 5.91 Å². The van der Waals surface area contributed by atoms with Gasteiger partial charge in [-0.25, -0.2) is 9.37 Å². The topological polar surface area (TPSA) is 50.2 Å². The predicted octanol–water partition coefficient (Wildman–Crippen LogP) is 2.27. The lowest BCUT2D eigenvalue weighted by Crippen LogP contribution is -2.55. The predicted molar refractivity (Wildman–Crippen MR) is 94.3 cm³/mol. The van der Waals surface area contributed by atoms with Crippen molar-refractivity contribution in [2.45, 2.75) is 44.8 Å². The number of carbonyl (C=O) groups excluding carboxylic acids is 1. The van der Waals surface area contributed by atoms with Crippen LogP contribution in [-0.2, 0) is 24.8 Å². The molecule has 0 spiro atoms. The summed E-state index contributed by atoms with van der Waals surface area (Å²) in [6.45, 7) is 3.29. The van der Waals surface area contributed by atoms with Gasteiger partial charge in [-0.2, -0.15) is 0 Å². The largest absolute Gasteiger partial charge is 0.352 e. The van der Waals surface area contributed by atoms with E-state index >= 15 is 0 Å². The summed E-state index contributed by atoms with van der Waals surface area (Å²) in [6, 6.07) is 6.91. The van der Waals surface area contributed by atoms with E-state index in [0.717, 1.165) is 43.6 Å². The summed E-state index contributed by atoms with van der Waals surface area (Å²) < 4.78 is 15.1. The third kappa shape index (κ3) is 4.66. The van der Waals surface area contributed by atoms with Crippen LogP contribution in [0.25, 0.3) is 0 Å². The lowest BCUT2D eigenvalue weighted by atomic mass is 9.90. The molecule has 0 unspecified atom stereocenters. The maximum Gasteiger partial charge on any atom is 0.217 e. The quantitative estimate of drug-likeness (QED) is 0.905. The highest BCUT2D eigenvalue weighted by molar-refractivity contribution is 5.73. The van der Waals surface area contributed by atoms with Crippen LogP contribution in [0.1, 0.15) is 31.0 Å². The molecule has 1 aromatic heterocycles. The van der Waals surface area contributed by atoms with Crippen LogP contribution >= 0.6 is 0 Å². The van der Waals surface area contributed by atoms with Crippen molar-refractivity contribution in [3.63, 3.8) is 0 Å². The standard InChI is InChI=1S/C19H25FN4O/c1-14(25)22-18-4-3-9-24(12-17-11-23(2)13-21-17)19(18)10-15-5-7-16(20)8-6-15/h5-8,11,13,18-19H,3-4,9-10,12H2,1-2H3,(H,22,25)/t18-,19-/m0/s1.